The van der Waals surface area contributed by atoms with Crippen LogP contribution in [0, 0.1) is 0 Å². The monoisotopic (exact) mass is 304 g/mol. The summed E-state index contributed by atoms with van der Waals surface area (Å²) >= 11 is 6.09. The van der Waals surface area contributed by atoms with Crippen molar-refractivity contribution >= 4 is 34.3 Å². The zero-order chi connectivity index (χ0) is 14.8. The summed E-state index contributed by atoms with van der Waals surface area (Å²) in [6.07, 6.45) is 1.65. The standard InChI is InChI=1S/C14H13ClN4O2/c1-20-10-6-4-3-5-9(10)17-14-18-12-11(8(15)7-16-12)13(19-14)21-2/h3-7H,1-2H3,(H2,16,17,18,19). The molecule has 0 unspecified atom stereocenters. The van der Waals surface area contributed by atoms with Crippen LogP contribution in [0.25, 0.3) is 11.0 Å². The molecule has 0 saturated carbocycles. The maximum Gasteiger partial charge on any atom is 0.232 e. The van der Waals surface area contributed by atoms with Crippen LogP contribution in [0.15, 0.2) is 30.5 Å². The topological polar surface area (TPSA) is 72.1 Å². The molecule has 0 aliphatic carbocycles. The van der Waals surface area contributed by atoms with E-state index in [1.165, 1.54) is 7.11 Å². The highest BCUT2D eigenvalue weighted by Gasteiger charge is 2.14. The molecule has 2 heterocycles. The molecule has 2 aromatic heterocycles. The minimum absolute atomic E-state index is 0.391. The van der Waals surface area contributed by atoms with Crippen LogP contribution >= 0.6 is 11.6 Å². The quantitative estimate of drug-likeness (QED) is 0.773. The molecular formula is C14H13ClN4O2. The number of aromatic amines is 1. The van der Waals surface area contributed by atoms with E-state index in [0.717, 1.165) is 5.69 Å². The van der Waals surface area contributed by atoms with Gasteiger partial charge < -0.3 is 19.8 Å². The summed E-state index contributed by atoms with van der Waals surface area (Å²) in [6.45, 7) is 0. The SMILES string of the molecule is COc1ccccc1Nc1nc(OC)c2c(Cl)c[nH]c2n1. The van der Waals surface area contributed by atoms with Gasteiger partial charge in [-0.15, -0.1) is 0 Å². The molecule has 0 atom stereocenters. The van der Waals surface area contributed by atoms with Gasteiger partial charge in [-0.1, -0.05) is 23.7 Å². The number of fused-ring (bicyclic) bond motifs is 1. The van der Waals surface area contributed by atoms with E-state index in [0.29, 0.717) is 33.6 Å². The van der Waals surface area contributed by atoms with Gasteiger partial charge in [0.05, 0.1) is 30.3 Å². The molecule has 0 aliphatic heterocycles. The predicted octanol–water partition coefficient (Wildman–Crippen LogP) is 3.37. The van der Waals surface area contributed by atoms with E-state index < -0.39 is 0 Å². The molecule has 6 nitrogen and oxygen atoms in total. The summed E-state index contributed by atoms with van der Waals surface area (Å²) in [4.78, 5) is 11.7. The Balaban J connectivity index is 2.05. The average Bonchev–Trinajstić information content (AvgIpc) is 2.88. The van der Waals surface area contributed by atoms with Crippen molar-refractivity contribution in [2.24, 2.45) is 0 Å². The summed E-state index contributed by atoms with van der Waals surface area (Å²) in [7, 11) is 3.15. The van der Waals surface area contributed by atoms with Crippen LogP contribution in [0.5, 0.6) is 11.6 Å². The Morgan fingerprint density at radius 2 is 1.95 bits per heavy atom. The normalized spacial score (nSPS) is 10.6. The second-order valence-corrected chi connectivity index (χ2v) is 4.65. The lowest BCUT2D eigenvalue weighted by atomic mass is 10.3. The van der Waals surface area contributed by atoms with Crippen molar-refractivity contribution in [2.75, 3.05) is 19.5 Å². The summed E-state index contributed by atoms with van der Waals surface area (Å²) < 4.78 is 10.6. The molecule has 0 spiro atoms. The number of methoxy groups -OCH3 is 2. The fourth-order valence-electron chi connectivity index (χ4n) is 2.04. The van der Waals surface area contributed by atoms with Crippen LogP contribution < -0.4 is 14.8 Å². The van der Waals surface area contributed by atoms with Crippen molar-refractivity contribution in [1.82, 2.24) is 15.0 Å². The minimum Gasteiger partial charge on any atom is -0.495 e. The lowest BCUT2D eigenvalue weighted by Crippen LogP contribution is -2.01. The third-order valence-electron chi connectivity index (χ3n) is 3.00. The number of ether oxygens (including phenoxy) is 2. The maximum absolute atomic E-state index is 6.09. The van der Waals surface area contributed by atoms with Gasteiger partial charge in [-0.3, -0.25) is 0 Å². The Morgan fingerprint density at radius 1 is 1.14 bits per heavy atom. The molecule has 7 heteroatoms. The molecular weight excluding hydrogens is 292 g/mol. The first-order chi connectivity index (χ1) is 10.2. The molecule has 0 aliphatic rings. The fraction of sp³-hybridized carbons (Fsp3) is 0.143. The Bertz CT molecular complexity index is 788. The van der Waals surface area contributed by atoms with Crippen molar-refractivity contribution in [3.05, 3.63) is 35.5 Å². The van der Waals surface area contributed by atoms with Gasteiger partial charge >= 0.3 is 0 Å². The Hall–Kier alpha value is -2.47. The molecule has 3 rings (SSSR count). The number of nitrogens with one attached hydrogen (secondary N) is 2. The number of hydrogen-bond acceptors (Lipinski definition) is 5. The van der Waals surface area contributed by atoms with Crippen LogP contribution in [-0.2, 0) is 0 Å². The van der Waals surface area contributed by atoms with Crippen LogP contribution in [0.3, 0.4) is 0 Å². The number of aromatic nitrogens is 3. The number of H-pyrrole nitrogens is 1. The summed E-state index contributed by atoms with van der Waals surface area (Å²) in [5, 5.41) is 4.29. The molecule has 0 radical (unpaired) electrons. The second-order valence-electron chi connectivity index (χ2n) is 4.24. The molecule has 2 N–H and O–H groups in total. The first kappa shape index (κ1) is 13.5. The van der Waals surface area contributed by atoms with Crippen LogP contribution in [0.2, 0.25) is 5.02 Å². The average molecular weight is 305 g/mol. The summed E-state index contributed by atoms with van der Waals surface area (Å²) in [6, 6.07) is 7.51. The van der Waals surface area contributed by atoms with Crippen LogP contribution in [-0.4, -0.2) is 29.2 Å². The molecule has 0 bridgehead atoms. The van der Waals surface area contributed by atoms with Gasteiger partial charge in [0.2, 0.25) is 11.8 Å². The fourth-order valence-corrected chi connectivity index (χ4v) is 2.26. The summed E-state index contributed by atoms with van der Waals surface area (Å²) in [5.41, 5.74) is 1.36. The number of benzene rings is 1. The van der Waals surface area contributed by atoms with Crippen molar-refractivity contribution in [3.63, 3.8) is 0 Å². The zero-order valence-electron chi connectivity index (χ0n) is 11.5. The van der Waals surface area contributed by atoms with E-state index in [9.17, 15) is 0 Å². The van der Waals surface area contributed by atoms with Gasteiger partial charge in [0.25, 0.3) is 0 Å². The van der Waals surface area contributed by atoms with E-state index in [1.54, 1.807) is 13.3 Å². The number of halogens is 1. The smallest absolute Gasteiger partial charge is 0.232 e. The molecule has 21 heavy (non-hydrogen) atoms. The van der Waals surface area contributed by atoms with Crippen LogP contribution in [0.4, 0.5) is 11.6 Å². The van der Waals surface area contributed by atoms with Crippen LogP contribution in [0.1, 0.15) is 0 Å². The number of rotatable bonds is 4. The van der Waals surface area contributed by atoms with E-state index in [2.05, 4.69) is 20.3 Å². The zero-order valence-corrected chi connectivity index (χ0v) is 12.2. The lowest BCUT2D eigenvalue weighted by molar-refractivity contribution is 0.403. The van der Waals surface area contributed by atoms with Crippen molar-refractivity contribution in [3.8, 4) is 11.6 Å². The molecule has 3 aromatic rings. The van der Waals surface area contributed by atoms with Gasteiger partial charge in [-0.05, 0) is 12.1 Å². The second kappa shape index (κ2) is 5.49. The number of hydrogen-bond donors (Lipinski definition) is 2. The van der Waals surface area contributed by atoms with E-state index in [4.69, 9.17) is 21.1 Å². The third-order valence-corrected chi connectivity index (χ3v) is 3.30. The Labute approximate surface area is 126 Å². The Morgan fingerprint density at radius 3 is 2.71 bits per heavy atom. The van der Waals surface area contributed by atoms with Gasteiger partial charge in [-0.2, -0.15) is 9.97 Å². The largest absolute Gasteiger partial charge is 0.495 e. The van der Waals surface area contributed by atoms with E-state index >= 15 is 0 Å². The third kappa shape index (κ3) is 2.45. The first-order valence-corrected chi connectivity index (χ1v) is 6.59. The van der Waals surface area contributed by atoms with Gasteiger partial charge in [-0.25, -0.2) is 0 Å². The summed E-state index contributed by atoms with van der Waals surface area (Å²) in [5.74, 6) is 1.50. The predicted molar refractivity (Wildman–Crippen MR) is 81.7 cm³/mol. The number of anilines is 2. The molecule has 0 fully saturated rings. The molecule has 0 saturated heterocycles. The van der Waals surface area contributed by atoms with Gasteiger partial charge in [0.1, 0.15) is 11.4 Å². The van der Waals surface area contributed by atoms with E-state index in [-0.39, 0.29) is 0 Å². The van der Waals surface area contributed by atoms with Gasteiger partial charge in [0.15, 0.2) is 0 Å². The highest BCUT2D eigenvalue weighted by Crippen LogP contribution is 2.32. The van der Waals surface area contributed by atoms with E-state index in [1.807, 2.05) is 24.3 Å². The lowest BCUT2D eigenvalue weighted by Gasteiger charge is -2.10. The number of para-hydroxylation sites is 2. The van der Waals surface area contributed by atoms with Crippen molar-refractivity contribution in [1.29, 1.82) is 0 Å². The molecule has 1 aromatic carbocycles. The molecule has 108 valence electrons. The Kier molecular flexibility index (Phi) is 3.53. The van der Waals surface area contributed by atoms with Crippen molar-refractivity contribution in [2.45, 2.75) is 0 Å². The minimum atomic E-state index is 0.391. The highest BCUT2D eigenvalue weighted by atomic mass is 35.5. The highest BCUT2D eigenvalue weighted by molar-refractivity contribution is 6.35. The maximum atomic E-state index is 6.09. The number of nitrogens with zero attached hydrogens (tertiary/aromatic N) is 2. The van der Waals surface area contributed by atoms with Gasteiger partial charge in [0, 0.05) is 6.20 Å². The molecule has 0 amide bonds. The first-order valence-electron chi connectivity index (χ1n) is 6.21. The van der Waals surface area contributed by atoms with Crippen molar-refractivity contribution < 1.29 is 9.47 Å².